The lowest BCUT2D eigenvalue weighted by atomic mass is 10.1. The van der Waals surface area contributed by atoms with Crippen molar-refractivity contribution in [2.45, 2.75) is 43.1 Å². The fourth-order valence-electron chi connectivity index (χ4n) is 3.30. The highest BCUT2D eigenvalue weighted by Crippen LogP contribution is 2.23. The van der Waals surface area contributed by atoms with E-state index in [0.717, 1.165) is 54.7 Å². The summed E-state index contributed by atoms with van der Waals surface area (Å²) in [6.45, 7) is 0.904. The van der Waals surface area contributed by atoms with Crippen LogP contribution in [-0.4, -0.2) is 24.7 Å². The molecule has 2 heterocycles. The van der Waals surface area contributed by atoms with Crippen molar-refractivity contribution in [1.29, 1.82) is 0 Å². The summed E-state index contributed by atoms with van der Waals surface area (Å²) >= 11 is 1.76. The average Bonchev–Trinajstić information content (AvgIpc) is 3.42. The number of imidazole rings is 1. The van der Waals surface area contributed by atoms with E-state index in [1.54, 1.807) is 18.1 Å². The van der Waals surface area contributed by atoms with E-state index in [2.05, 4.69) is 79.3 Å². The number of aryl methyl sites for hydroxylation is 3. The number of hydrogen-bond acceptors (Lipinski definition) is 4. The molecule has 0 unspecified atom stereocenters. The highest BCUT2D eigenvalue weighted by Gasteiger charge is 2.13. The summed E-state index contributed by atoms with van der Waals surface area (Å²) in [5.41, 5.74) is 3.73. The zero-order valence-corrected chi connectivity index (χ0v) is 17.2. The van der Waals surface area contributed by atoms with Crippen molar-refractivity contribution >= 4 is 11.8 Å². The summed E-state index contributed by atoms with van der Waals surface area (Å²) in [5, 5.41) is 10.0. The molecule has 0 saturated heterocycles. The van der Waals surface area contributed by atoms with Crippen LogP contribution in [0.5, 0.6) is 0 Å². The van der Waals surface area contributed by atoms with Gasteiger partial charge in [-0.3, -0.25) is 0 Å². The summed E-state index contributed by atoms with van der Waals surface area (Å²) in [5.74, 6) is 1.96. The zero-order chi connectivity index (χ0) is 19.7. The Bertz CT molecular complexity index is 920. The van der Waals surface area contributed by atoms with Gasteiger partial charge in [-0.05, 0) is 30.4 Å². The Morgan fingerprint density at radius 2 is 1.59 bits per heavy atom. The van der Waals surface area contributed by atoms with E-state index >= 15 is 0 Å². The molecule has 0 fully saturated rings. The quantitative estimate of drug-likeness (QED) is 0.390. The molecule has 0 bridgehead atoms. The van der Waals surface area contributed by atoms with Crippen LogP contribution in [0.25, 0.3) is 0 Å². The van der Waals surface area contributed by atoms with Crippen LogP contribution in [0.2, 0.25) is 0 Å². The molecule has 0 spiro atoms. The molecular weight excluding hydrogens is 378 g/mol. The van der Waals surface area contributed by atoms with Gasteiger partial charge >= 0.3 is 0 Å². The maximum Gasteiger partial charge on any atom is 0.191 e. The molecule has 0 atom stereocenters. The van der Waals surface area contributed by atoms with Gasteiger partial charge in [0.25, 0.3) is 0 Å². The molecule has 29 heavy (non-hydrogen) atoms. The Hall–Kier alpha value is -2.86. The lowest BCUT2D eigenvalue weighted by molar-refractivity contribution is 0.565. The van der Waals surface area contributed by atoms with Crippen molar-refractivity contribution in [3.8, 4) is 0 Å². The summed E-state index contributed by atoms with van der Waals surface area (Å²) in [6, 6.07) is 21.1. The molecule has 5 nitrogen and oxygen atoms in total. The SMILES string of the molecule is c1ccc(CCc2nnc(SCc3ccccc3)n2CCCc2c[nH]cn2)cc1. The number of aromatic nitrogens is 5. The topological polar surface area (TPSA) is 59.4 Å². The Labute approximate surface area is 175 Å². The fourth-order valence-corrected chi connectivity index (χ4v) is 4.24. The van der Waals surface area contributed by atoms with E-state index in [9.17, 15) is 0 Å². The lowest BCUT2D eigenvalue weighted by Crippen LogP contribution is -2.08. The number of nitrogens with one attached hydrogen (secondary N) is 1. The van der Waals surface area contributed by atoms with Crippen molar-refractivity contribution < 1.29 is 0 Å². The van der Waals surface area contributed by atoms with Crippen molar-refractivity contribution in [3.05, 3.63) is 95.8 Å². The molecule has 148 valence electrons. The van der Waals surface area contributed by atoms with Crippen molar-refractivity contribution in [2.75, 3.05) is 0 Å². The minimum atomic E-state index is 0.894. The van der Waals surface area contributed by atoms with E-state index < -0.39 is 0 Å². The van der Waals surface area contributed by atoms with Gasteiger partial charge in [-0.2, -0.15) is 0 Å². The van der Waals surface area contributed by atoms with Crippen LogP contribution in [0.1, 0.15) is 29.1 Å². The average molecular weight is 404 g/mol. The summed E-state index contributed by atoms with van der Waals surface area (Å²) in [6.07, 6.45) is 7.53. The van der Waals surface area contributed by atoms with E-state index in [-0.39, 0.29) is 0 Å². The summed E-state index contributed by atoms with van der Waals surface area (Å²) in [7, 11) is 0. The maximum absolute atomic E-state index is 4.53. The monoisotopic (exact) mass is 403 g/mol. The number of H-pyrrole nitrogens is 1. The normalized spacial score (nSPS) is 11.0. The Balaban J connectivity index is 1.44. The van der Waals surface area contributed by atoms with Gasteiger partial charge < -0.3 is 9.55 Å². The Kier molecular flexibility index (Phi) is 6.76. The third-order valence-corrected chi connectivity index (χ3v) is 5.89. The summed E-state index contributed by atoms with van der Waals surface area (Å²) < 4.78 is 2.29. The van der Waals surface area contributed by atoms with Crippen molar-refractivity contribution in [2.24, 2.45) is 0 Å². The predicted octanol–water partition coefficient (Wildman–Crippen LogP) is 4.71. The molecule has 0 aliphatic rings. The van der Waals surface area contributed by atoms with Crippen LogP contribution in [-0.2, 0) is 31.6 Å². The maximum atomic E-state index is 4.53. The predicted molar refractivity (Wildman–Crippen MR) is 117 cm³/mol. The molecule has 0 saturated carbocycles. The zero-order valence-electron chi connectivity index (χ0n) is 16.4. The van der Waals surface area contributed by atoms with Gasteiger partial charge in [-0.1, -0.05) is 72.4 Å². The highest BCUT2D eigenvalue weighted by atomic mass is 32.2. The molecule has 4 aromatic rings. The highest BCUT2D eigenvalue weighted by molar-refractivity contribution is 7.98. The first-order valence-electron chi connectivity index (χ1n) is 9.99. The third-order valence-electron chi connectivity index (χ3n) is 4.85. The van der Waals surface area contributed by atoms with Gasteiger partial charge in [-0.25, -0.2) is 4.98 Å². The number of rotatable bonds is 10. The van der Waals surface area contributed by atoms with Crippen LogP contribution in [0.4, 0.5) is 0 Å². The van der Waals surface area contributed by atoms with E-state index in [1.807, 2.05) is 12.3 Å². The third kappa shape index (κ3) is 5.57. The second kappa shape index (κ2) is 10.1. The van der Waals surface area contributed by atoms with Crippen LogP contribution >= 0.6 is 11.8 Å². The van der Waals surface area contributed by atoms with Gasteiger partial charge in [0.05, 0.1) is 12.0 Å². The minimum Gasteiger partial charge on any atom is -0.351 e. The van der Waals surface area contributed by atoms with Crippen LogP contribution in [0.3, 0.4) is 0 Å². The van der Waals surface area contributed by atoms with Crippen molar-refractivity contribution in [3.63, 3.8) is 0 Å². The largest absolute Gasteiger partial charge is 0.351 e. The van der Waals surface area contributed by atoms with Crippen LogP contribution in [0.15, 0.2) is 78.3 Å². The number of benzene rings is 2. The van der Waals surface area contributed by atoms with Gasteiger partial charge in [0, 0.05) is 24.9 Å². The van der Waals surface area contributed by atoms with E-state index in [1.165, 1.54) is 11.1 Å². The molecule has 0 aliphatic carbocycles. The number of aromatic amines is 1. The molecular formula is C23H25N5S. The van der Waals surface area contributed by atoms with E-state index in [4.69, 9.17) is 0 Å². The standard InChI is InChI=1S/C23H25N5S/c1-3-8-19(9-4-1)13-14-22-26-27-23(29-17-20-10-5-2-6-11-20)28(22)15-7-12-21-16-24-18-25-21/h1-6,8-11,16,18H,7,12-15,17H2,(H,24,25). The van der Waals surface area contributed by atoms with Gasteiger partial charge in [0.2, 0.25) is 0 Å². The molecule has 4 rings (SSSR count). The first-order valence-corrected chi connectivity index (χ1v) is 11.0. The number of thioether (sulfide) groups is 1. The lowest BCUT2D eigenvalue weighted by Gasteiger charge is -2.10. The second-order valence-electron chi connectivity index (χ2n) is 6.97. The molecule has 2 aromatic heterocycles. The Morgan fingerprint density at radius 3 is 2.31 bits per heavy atom. The molecule has 0 amide bonds. The van der Waals surface area contributed by atoms with Gasteiger partial charge in [0.1, 0.15) is 5.82 Å². The minimum absolute atomic E-state index is 0.894. The van der Waals surface area contributed by atoms with Crippen molar-refractivity contribution in [1.82, 2.24) is 24.7 Å². The smallest absolute Gasteiger partial charge is 0.191 e. The molecule has 1 N–H and O–H groups in total. The van der Waals surface area contributed by atoms with Gasteiger partial charge in [0.15, 0.2) is 5.16 Å². The van der Waals surface area contributed by atoms with Crippen LogP contribution in [0, 0.1) is 0 Å². The van der Waals surface area contributed by atoms with Gasteiger partial charge in [-0.15, -0.1) is 10.2 Å². The number of hydrogen-bond donors (Lipinski definition) is 1. The second-order valence-corrected chi connectivity index (χ2v) is 7.92. The molecule has 6 heteroatoms. The first-order chi connectivity index (χ1) is 14.4. The fraction of sp³-hybridized carbons (Fsp3) is 0.261. The number of nitrogens with zero attached hydrogens (tertiary/aromatic N) is 4. The van der Waals surface area contributed by atoms with E-state index in [0.29, 0.717) is 0 Å². The Morgan fingerprint density at radius 1 is 0.828 bits per heavy atom. The first kappa shape index (κ1) is 19.5. The molecule has 2 aromatic carbocycles. The summed E-state index contributed by atoms with van der Waals surface area (Å²) in [4.78, 5) is 7.36. The van der Waals surface area contributed by atoms with Crippen LogP contribution < -0.4 is 0 Å². The molecule has 0 aliphatic heterocycles. The molecule has 0 radical (unpaired) electrons.